The maximum Gasteiger partial charge on any atom is 0.0620 e. The molecular weight excluding hydrogens is 787 g/mol. The Bertz CT molecular complexity index is 4470. The van der Waals surface area contributed by atoms with Gasteiger partial charge in [-0.2, -0.15) is 0 Å². The highest BCUT2D eigenvalue weighted by atomic mass is 14.9. The summed E-state index contributed by atoms with van der Waals surface area (Å²) in [6.45, 7) is 0. The fraction of sp³-hybridized carbons (Fsp3) is 0. The molecule has 0 bridgehead atoms. The smallest absolute Gasteiger partial charge is 0.0620 e. The third-order valence-corrected chi connectivity index (χ3v) is 15.3. The van der Waals surface area contributed by atoms with E-state index in [0.717, 1.165) is 0 Å². The van der Waals surface area contributed by atoms with Crippen LogP contribution in [0.4, 0.5) is 0 Å². The molecule has 0 saturated carbocycles. The lowest BCUT2D eigenvalue weighted by Gasteiger charge is -2.14. The van der Waals surface area contributed by atoms with Gasteiger partial charge in [0.1, 0.15) is 0 Å². The van der Waals surface area contributed by atoms with Crippen molar-refractivity contribution in [3.05, 3.63) is 200 Å². The Kier molecular flexibility index (Phi) is 5.72. The predicted octanol–water partition coefficient (Wildman–Crippen LogP) is 16.8. The van der Waals surface area contributed by atoms with Crippen LogP contribution in [-0.2, 0) is 0 Å². The van der Waals surface area contributed by atoms with E-state index < -0.39 is 0 Å². The van der Waals surface area contributed by atoms with E-state index in [9.17, 15) is 0 Å². The fourth-order valence-corrected chi connectivity index (χ4v) is 12.9. The highest BCUT2D eigenvalue weighted by Crippen LogP contribution is 2.52. The third kappa shape index (κ3) is 3.81. The summed E-state index contributed by atoms with van der Waals surface area (Å²) in [6.07, 6.45) is 0. The van der Waals surface area contributed by atoms with Gasteiger partial charge in [0, 0.05) is 64.6 Å². The molecule has 0 saturated heterocycles. The summed E-state index contributed by atoms with van der Waals surface area (Å²) in [7, 11) is 0. The van der Waals surface area contributed by atoms with Crippen LogP contribution in [0.15, 0.2) is 200 Å². The summed E-state index contributed by atoms with van der Waals surface area (Å²) >= 11 is 0. The lowest BCUT2D eigenvalue weighted by atomic mass is 9.89. The van der Waals surface area contributed by atoms with E-state index in [1.807, 2.05) is 0 Å². The summed E-state index contributed by atoms with van der Waals surface area (Å²) < 4.78 is 7.57. The second-order valence-corrected chi connectivity index (χ2v) is 18.4. The van der Waals surface area contributed by atoms with Gasteiger partial charge in [0.25, 0.3) is 0 Å². The van der Waals surface area contributed by atoms with E-state index in [1.54, 1.807) is 0 Å². The molecule has 0 spiro atoms. The first-order chi connectivity index (χ1) is 32.3. The second kappa shape index (κ2) is 11.3. The molecule has 17 aromatic rings. The lowest BCUT2D eigenvalue weighted by molar-refractivity contribution is 1.37. The number of hydrogen-bond acceptors (Lipinski definition) is 0. The van der Waals surface area contributed by atoms with Gasteiger partial charge in [0.2, 0.25) is 0 Å². The van der Waals surface area contributed by atoms with Gasteiger partial charge in [-0.05, 0) is 104 Å². The van der Waals surface area contributed by atoms with Gasteiger partial charge in [-0.15, -0.1) is 0 Å². The number of nitrogens with zero attached hydrogens (tertiary/aromatic N) is 3. The van der Waals surface area contributed by atoms with Gasteiger partial charge in [-0.25, -0.2) is 0 Å². The zero-order valence-electron chi connectivity index (χ0n) is 34.9. The van der Waals surface area contributed by atoms with Crippen molar-refractivity contribution in [3.8, 4) is 22.3 Å². The number of aromatic nitrogens is 3. The maximum atomic E-state index is 2.61. The van der Waals surface area contributed by atoms with Crippen molar-refractivity contribution in [2.24, 2.45) is 0 Å². The SMILES string of the molecule is c1ccc2c(-c3cc4c5ccccc5n5c6ccccc6c(c3)c45)c3c4cccc5c6c(-c7cc8c9ccccc9n9c%10ccccc%10c(c7)c89)c7ccccc7cc6n(c3cc2c1)c45. The summed E-state index contributed by atoms with van der Waals surface area (Å²) in [5, 5.41) is 20.6. The standard InChI is InChI=1S/C62H33N3/c1-3-16-38-34(14-1)32-54-58(56(38)36-28-46-40-18-5-9-24-50(40)63-51-25-10-6-19-41(51)47(29-36)61(46)63)44-22-13-23-45-59-55(65(54)60(44)45)33-35-15-2-4-17-39(35)57(59)37-30-48-42-20-7-11-26-52(42)64-53-27-12-8-21-43(53)49(31-37)62(48)64/h1-33H. The first kappa shape index (κ1) is 33.0. The van der Waals surface area contributed by atoms with Crippen LogP contribution in [-0.4, -0.2) is 13.2 Å². The fourth-order valence-electron chi connectivity index (χ4n) is 12.9. The molecule has 3 nitrogen and oxygen atoms in total. The summed E-state index contributed by atoms with van der Waals surface area (Å²) in [5.74, 6) is 0. The van der Waals surface area contributed by atoms with Crippen LogP contribution in [0.5, 0.6) is 0 Å². The highest BCUT2D eigenvalue weighted by Gasteiger charge is 2.27. The molecule has 0 N–H and O–H groups in total. The molecule has 0 atom stereocenters. The molecule has 3 heteroatoms. The van der Waals surface area contributed by atoms with Crippen LogP contribution in [0.2, 0.25) is 0 Å². The second-order valence-electron chi connectivity index (χ2n) is 18.4. The maximum absolute atomic E-state index is 2.61. The number of hydrogen-bond donors (Lipinski definition) is 0. The van der Waals surface area contributed by atoms with Crippen LogP contribution >= 0.6 is 0 Å². The Hall–Kier alpha value is -8.66. The summed E-state index contributed by atoms with van der Waals surface area (Å²) in [6, 6.07) is 75.7. The Labute approximate surface area is 369 Å². The van der Waals surface area contributed by atoms with Gasteiger partial charge >= 0.3 is 0 Å². The topological polar surface area (TPSA) is 13.2 Å². The zero-order valence-corrected chi connectivity index (χ0v) is 34.9. The normalized spacial score (nSPS) is 12.9. The molecule has 0 fully saturated rings. The third-order valence-electron chi connectivity index (χ3n) is 15.3. The van der Waals surface area contributed by atoms with Crippen molar-refractivity contribution in [1.82, 2.24) is 13.2 Å². The van der Waals surface area contributed by atoms with E-state index in [0.29, 0.717) is 0 Å². The van der Waals surface area contributed by atoms with Crippen LogP contribution in [0.25, 0.3) is 158 Å². The molecular formula is C62H33N3. The minimum atomic E-state index is 1.24. The van der Waals surface area contributed by atoms with E-state index in [4.69, 9.17) is 0 Å². The monoisotopic (exact) mass is 819 g/mol. The average Bonchev–Trinajstić information content (AvgIpc) is 4.20. The van der Waals surface area contributed by atoms with Crippen molar-refractivity contribution in [2.75, 3.05) is 0 Å². The first-order valence-electron chi connectivity index (χ1n) is 22.7. The van der Waals surface area contributed by atoms with Gasteiger partial charge in [0.05, 0.1) is 49.7 Å². The molecule has 0 radical (unpaired) electrons. The van der Waals surface area contributed by atoms with Gasteiger partial charge in [-0.1, -0.05) is 140 Å². The van der Waals surface area contributed by atoms with Gasteiger partial charge < -0.3 is 13.2 Å². The van der Waals surface area contributed by atoms with Gasteiger partial charge in [0.15, 0.2) is 0 Å². The predicted molar refractivity (Wildman–Crippen MR) is 276 cm³/mol. The number of para-hydroxylation sites is 5. The van der Waals surface area contributed by atoms with E-state index in [2.05, 4.69) is 213 Å². The average molecular weight is 820 g/mol. The highest BCUT2D eigenvalue weighted by molar-refractivity contribution is 6.35. The molecule has 0 aliphatic carbocycles. The molecule has 6 heterocycles. The zero-order chi connectivity index (χ0) is 41.8. The van der Waals surface area contributed by atoms with E-state index in [1.165, 1.54) is 158 Å². The molecule has 296 valence electrons. The van der Waals surface area contributed by atoms with Crippen molar-refractivity contribution >= 4 is 136 Å². The molecule has 65 heavy (non-hydrogen) atoms. The molecule has 6 aromatic heterocycles. The van der Waals surface area contributed by atoms with Crippen LogP contribution in [0.3, 0.4) is 0 Å². The molecule has 0 aliphatic rings. The van der Waals surface area contributed by atoms with Crippen molar-refractivity contribution in [3.63, 3.8) is 0 Å². The summed E-state index contributed by atoms with van der Waals surface area (Å²) in [5.41, 5.74) is 16.5. The minimum Gasteiger partial charge on any atom is -0.308 e. The Balaban J connectivity index is 1.05. The van der Waals surface area contributed by atoms with Crippen LogP contribution < -0.4 is 0 Å². The quantitative estimate of drug-likeness (QED) is 0.165. The molecule has 11 aromatic carbocycles. The Morgan fingerprint density at radius 2 is 0.508 bits per heavy atom. The van der Waals surface area contributed by atoms with Gasteiger partial charge in [-0.3, -0.25) is 0 Å². The number of rotatable bonds is 2. The van der Waals surface area contributed by atoms with Crippen molar-refractivity contribution < 1.29 is 0 Å². The number of benzene rings is 11. The molecule has 0 aliphatic heterocycles. The lowest BCUT2D eigenvalue weighted by Crippen LogP contribution is -1.89. The van der Waals surface area contributed by atoms with Crippen molar-refractivity contribution in [2.45, 2.75) is 0 Å². The summed E-state index contributed by atoms with van der Waals surface area (Å²) in [4.78, 5) is 0. The first-order valence-corrected chi connectivity index (χ1v) is 22.7. The largest absolute Gasteiger partial charge is 0.308 e. The minimum absolute atomic E-state index is 1.24. The van der Waals surface area contributed by atoms with E-state index >= 15 is 0 Å². The van der Waals surface area contributed by atoms with Crippen LogP contribution in [0, 0.1) is 0 Å². The van der Waals surface area contributed by atoms with E-state index in [-0.39, 0.29) is 0 Å². The molecule has 17 rings (SSSR count). The molecule has 0 unspecified atom stereocenters. The van der Waals surface area contributed by atoms with Crippen LogP contribution in [0.1, 0.15) is 0 Å². The Morgan fingerprint density at radius 3 is 0.892 bits per heavy atom. The van der Waals surface area contributed by atoms with Crippen molar-refractivity contribution in [1.29, 1.82) is 0 Å². The number of fused-ring (bicyclic) bond motifs is 20. The Morgan fingerprint density at radius 1 is 0.215 bits per heavy atom. The molecule has 0 amide bonds.